The Morgan fingerprint density at radius 2 is 1.80 bits per heavy atom. The Bertz CT molecular complexity index is 549. The summed E-state index contributed by atoms with van der Waals surface area (Å²) in [4.78, 5) is 2.22. The smallest absolute Gasteiger partial charge is 0.0437 e. The number of hydrogen-bond donors (Lipinski definition) is 1. The lowest BCUT2D eigenvalue weighted by atomic mass is 10.0. The van der Waals surface area contributed by atoms with Gasteiger partial charge in [-0.25, -0.2) is 0 Å². The largest absolute Gasteiger partial charge is 0.344 e. The molecule has 0 bridgehead atoms. The van der Waals surface area contributed by atoms with Gasteiger partial charge in [0.1, 0.15) is 0 Å². The number of aryl methyl sites for hydroxylation is 1. The molecule has 0 aliphatic carbocycles. The van der Waals surface area contributed by atoms with E-state index in [9.17, 15) is 0 Å². The molecule has 1 atom stereocenters. The molecular formula is C18H24N2. The first-order chi connectivity index (χ1) is 9.61. The fourth-order valence-corrected chi connectivity index (χ4v) is 2.46. The van der Waals surface area contributed by atoms with Crippen molar-refractivity contribution in [2.24, 2.45) is 5.73 Å². The summed E-state index contributed by atoms with van der Waals surface area (Å²) < 4.78 is 0. The number of anilines is 2. The first kappa shape index (κ1) is 14.6. The van der Waals surface area contributed by atoms with E-state index in [1.54, 1.807) is 0 Å². The average molecular weight is 268 g/mol. The molecule has 2 N–H and O–H groups in total. The van der Waals surface area contributed by atoms with Crippen molar-refractivity contribution in [1.82, 2.24) is 0 Å². The molecule has 20 heavy (non-hydrogen) atoms. The van der Waals surface area contributed by atoms with Gasteiger partial charge in [-0.2, -0.15) is 0 Å². The number of nitrogens with two attached hydrogens (primary N) is 1. The lowest BCUT2D eigenvalue weighted by molar-refractivity contribution is 0.646. The molecular weight excluding hydrogens is 244 g/mol. The van der Waals surface area contributed by atoms with Gasteiger partial charge in [-0.1, -0.05) is 37.3 Å². The molecule has 0 aliphatic heterocycles. The summed E-state index contributed by atoms with van der Waals surface area (Å²) in [5, 5.41) is 0. The number of para-hydroxylation sites is 1. The van der Waals surface area contributed by atoms with E-state index in [0.717, 1.165) is 12.8 Å². The van der Waals surface area contributed by atoms with Crippen LogP contribution in [0.5, 0.6) is 0 Å². The van der Waals surface area contributed by atoms with Crippen LogP contribution >= 0.6 is 0 Å². The van der Waals surface area contributed by atoms with Crippen LogP contribution in [0.3, 0.4) is 0 Å². The van der Waals surface area contributed by atoms with Gasteiger partial charge in [0, 0.05) is 24.5 Å². The van der Waals surface area contributed by atoms with Crippen LogP contribution in [0, 0.1) is 6.92 Å². The quantitative estimate of drug-likeness (QED) is 0.886. The minimum Gasteiger partial charge on any atom is -0.344 e. The SMILES string of the molecule is CCC(N)Cc1ccc(N(C)c2ccccc2)c(C)c1. The van der Waals surface area contributed by atoms with Crippen molar-refractivity contribution in [3.63, 3.8) is 0 Å². The van der Waals surface area contributed by atoms with Gasteiger partial charge in [0.15, 0.2) is 0 Å². The van der Waals surface area contributed by atoms with Crippen LogP contribution in [-0.4, -0.2) is 13.1 Å². The van der Waals surface area contributed by atoms with Gasteiger partial charge in [-0.3, -0.25) is 0 Å². The van der Waals surface area contributed by atoms with Gasteiger partial charge in [0.05, 0.1) is 0 Å². The summed E-state index contributed by atoms with van der Waals surface area (Å²) in [6.07, 6.45) is 1.97. The molecule has 0 spiro atoms. The molecule has 2 rings (SSSR count). The molecule has 2 nitrogen and oxygen atoms in total. The van der Waals surface area contributed by atoms with Crippen molar-refractivity contribution < 1.29 is 0 Å². The molecule has 2 aromatic carbocycles. The summed E-state index contributed by atoms with van der Waals surface area (Å²) in [7, 11) is 2.11. The first-order valence-corrected chi connectivity index (χ1v) is 7.25. The summed E-state index contributed by atoms with van der Waals surface area (Å²) >= 11 is 0. The van der Waals surface area contributed by atoms with E-state index < -0.39 is 0 Å². The fraction of sp³-hybridized carbons (Fsp3) is 0.333. The van der Waals surface area contributed by atoms with E-state index in [0.29, 0.717) is 0 Å². The second-order valence-corrected chi connectivity index (χ2v) is 5.39. The van der Waals surface area contributed by atoms with E-state index in [-0.39, 0.29) is 6.04 Å². The summed E-state index contributed by atoms with van der Waals surface area (Å²) in [5.74, 6) is 0. The van der Waals surface area contributed by atoms with Crippen molar-refractivity contribution in [2.75, 3.05) is 11.9 Å². The Balaban J connectivity index is 2.21. The Morgan fingerprint density at radius 1 is 1.10 bits per heavy atom. The second-order valence-electron chi connectivity index (χ2n) is 5.39. The second kappa shape index (κ2) is 6.58. The third-order valence-corrected chi connectivity index (χ3v) is 3.79. The molecule has 0 fully saturated rings. The van der Waals surface area contributed by atoms with Gasteiger partial charge >= 0.3 is 0 Å². The van der Waals surface area contributed by atoms with Crippen LogP contribution in [-0.2, 0) is 6.42 Å². The van der Waals surface area contributed by atoms with Crippen LogP contribution in [0.1, 0.15) is 24.5 Å². The Morgan fingerprint density at radius 3 is 2.40 bits per heavy atom. The molecule has 0 aromatic heterocycles. The molecule has 0 amide bonds. The van der Waals surface area contributed by atoms with E-state index in [1.165, 1.54) is 22.5 Å². The molecule has 0 saturated heterocycles. The number of nitrogens with zero attached hydrogens (tertiary/aromatic N) is 1. The molecule has 106 valence electrons. The summed E-state index contributed by atoms with van der Waals surface area (Å²) in [5.41, 5.74) is 11.1. The normalized spacial score (nSPS) is 12.2. The molecule has 2 aromatic rings. The van der Waals surface area contributed by atoms with E-state index >= 15 is 0 Å². The third kappa shape index (κ3) is 3.40. The maximum absolute atomic E-state index is 6.03. The predicted molar refractivity (Wildman–Crippen MR) is 87.7 cm³/mol. The van der Waals surface area contributed by atoms with Crippen molar-refractivity contribution >= 4 is 11.4 Å². The fourth-order valence-electron chi connectivity index (χ4n) is 2.46. The highest BCUT2D eigenvalue weighted by Gasteiger charge is 2.08. The van der Waals surface area contributed by atoms with Gasteiger partial charge in [0.25, 0.3) is 0 Å². The van der Waals surface area contributed by atoms with E-state index in [2.05, 4.69) is 68.3 Å². The molecule has 0 heterocycles. The lowest BCUT2D eigenvalue weighted by Crippen LogP contribution is -2.21. The van der Waals surface area contributed by atoms with Crippen molar-refractivity contribution in [3.05, 3.63) is 59.7 Å². The predicted octanol–water partition coefficient (Wildman–Crippen LogP) is 4.04. The summed E-state index contributed by atoms with van der Waals surface area (Å²) in [6.45, 7) is 4.30. The maximum Gasteiger partial charge on any atom is 0.0437 e. The molecule has 2 heteroatoms. The monoisotopic (exact) mass is 268 g/mol. The minimum absolute atomic E-state index is 0.257. The highest BCUT2D eigenvalue weighted by Crippen LogP contribution is 2.27. The zero-order valence-electron chi connectivity index (χ0n) is 12.6. The van der Waals surface area contributed by atoms with E-state index in [4.69, 9.17) is 5.73 Å². The van der Waals surface area contributed by atoms with Crippen molar-refractivity contribution in [2.45, 2.75) is 32.7 Å². The highest BCUT2D eigenvalue weighted by atomic mass is 15.1. The van der Waals surface area contributed by atoms with Crippen molar-refractivity contribution in [1.29, 1.82) is 0 Å². The number of benzene rings is 2. The topological polar surface area (TPSA) is 29.3 Å². The van der Waals surface area contributed by atoms with Crippen LogP contribution in [0.4, 0.5) is 11.4 Å². The van der Waals surface area contributed by atoms with Crippen LogP contribution in [0.2, 0.25) is 0 Å². The number of hydrogen-bond acceptors (Lipinski definition) is 2. The van der Waals surface area contributed by atoms with Crippen LogP contribution in [0.15, 0.2) is 48.5 Å². The average Bonchev–Trinajstić information content (AvgIpc) is 2.47. The number of rotatable bonds is 5. The zero-order chi connectivity index (χ0) is 14.5. The minimum atomic E-state index is 0.257. The van der Waals surface area contributed by atoms with Crippen LogP contribution in [0.25, 0.3) is 0 Å². The molecule has 0 saturated carbocycles. The Labute approximate surface area is 122 Å². The van der Waals surface area contributed by atoms with Gasteiger partial charge in [-0.05, 0) is 49.1 Å². The third-order valence-electron chi connectivity index (χ3n) is 3.79. The van der Waals surface area contributed by atoms with Gasteiger partial charge in [0.2, 0.25) is 0 Å². The highest BCUT2D eigenvalue weighted by molar-refractivity contribution is 5.65. The van der Waals surface area contributed by atoms with E-state index in [1.807, 2.05) is 6.07 Å². The standard InChI is InChI=1S/C18H24N2/c1-4-16(19)13-15-10-11-18(14(2)12-15)20(3)17-8-6-5-7-9-17/h5-12,16H,4,13,19H2,1-3H3. The zero-order valence-corrected chi connectivity index (χ0v) is 12.6. The summed E-state index contributed by atoms with van der Waals surface area (Å²) in [6, 6.07) is 17.3. The van der Waals surface area contributed by atoms with Crippen molar-refractivity contribution in [3.8, 4) is 0 Å². The van der Waals surface area contributed by atoms with Crippen LogP contribution < -0.4 is 10.6 Å². The molecule has 1 unspecified atom stereocenters. The maximum atomic E-state index is 6.03. The van der Waals surface area contributed by atoms with Gasteiger partial charge in [-0.15, -0.1) is 0 Å². The molecule has 0 radical (unpaired) electrons. The van der Waals surface area contributed by atoms with Gasteiger partial charge < -0.3 is 10.6 Å². The Hall–Kier alpha value is -1.80. The Kier molecular flexibility index (Phi) is 4.80. The lowest BCUT2D eigenvalue weighted by Gasteiger charge is -2.22. The molecule has 0 aliphatic rings. The first-order valence-electron chi connectivity index (χ1n) is 7.25.